The molecule has 0 aliphatic carbocycles. The van der Waals surface area contributed by atoms with Crippen molar-refractivity contribution >= 4 is 17.2 Å². The molecule has 6 nitrogen and oxygen atoms in total. The Kier molecular flexibility index (Phi) is 5.71. The fourth-order valence-corrected chi connectivity index (χ4v) is 3.65. The van der Waals surface area contributed by atoms with Gasteiger partial charge in [-0.05, 0) is 43.7 Å². The van der Waals surface area contributed by atoms with Crippen LogP contribution in [0.15, 0.2) is 42.7 Å². The van der Waals surface area contributed by atoms with Crippen LogP contribution in [-0.2, 0) is 0 Å². The van der Waals surface area contributed by atoms with Crippen LogP contribution in [0.25, 0.3) is 10.6 Å². The average molecular weight is 383 g/mol. The molecule has 1 aromatic carbocycles. The van der Waals surface area contributed by atoms with E-state index in [1.165, 1.54) is 11.3 Å². The van der Waals surface area contributed by atoms with Gasteiger partial charge in [0.25, 0.3) is 5.91 Å². The molecular weight excluding hydrogens is 362 g/mol. The molecule has 140 valence electrons. The monoisotopic (exact) mass is 383 g/mol. The van der Waals surface area contributed by atoms with E-state index in [1.54, 1.807) is 26.6 Å². The lowest BCUT2D eigenvalue weighted by atomic mass is 10.1. The number of rotatable bonds is 6. The number of carbonyl (C=O) groups excluding carboxylic acids is 1. The van der Waals surface area contributed by atoms with Crippen LogP contribution in [0.3, 0.4) is 0 Å². The molecule has 1 N–H and O–H groups in total. The predicted octanol–water partition coefficient (Wildman–Crippen LogP) is 4.02. The molecule has 0 spiro atoms. The van der Waals surface area contributed by atoms with Crippen molar-refractivity contribution in [3.8, 4) is 22.1 Å². The number of ether oxygens (including phenoxy) is 2. The minimum absolute atomic E-state index is 0.151. The second-order valence-corrected chi connectivity index (χ2v) is 6.98. The third kappa shape index (κ3) is 4.09. The maximum atomic E-state index is 12.8. The third-order valence-corrected chi connectivity index (χ3v) is 5.37. The molecule has 1 amide bonds. The normalized spacial score (nSPS) is 11.7. The topological polar surface area (TPSA) is 73.3 Å². The van der Waals surface area contributed by atoms with E-state index in [0.29, 0.717) is 22.1 Å². The van der Waals surface area contributed by atoms with Crippen LogP contribution in [0.4, 0.5) is 0 Å². The first-order chi connectivity index (χ1) is 13.0. The molecule has 0 unspecified atom stereocenters. The summed E-state index contributed by atoms with van der Waals surface area (Å²) in [7, 11) is 3.18. The lowest BCUT2D eigenvalue weighted by Gasteiger charge is -2.16. The van der Waals surface area contributed by atoms with Gasteiger partial charge in [-0.25, -0.2) is 4.98 Å². The summed E-state index contributed by atoms with van der Waals surface area (Å²) in [6.07, 6.45) is 3.45. The molecule has 1 atom stereocenters. The molecule has 2 aromatic heterocycles. The van der Waals surface area contributed by atoms with Crippen LogP contribution in [0, 0.1) is 6.92 Å². The van der Waals surface area contributed by atoms with E-state index >= 15 is 0 Å². The van der Waals surface area contributed by atoms with Crippen molar-refractivity contribution in [3.05, 3.63) is 58.9 Å². The number of pyridine rings is 1. The zero-order valence-corrected chi connectivity index (χ0v) is 16.5. The van der Waals surface area contributed by atoms with Gasteiger partial charge in [-0.3, -0.25) is 9.78 Å². The number of aryl methyl sites for hydroxylation is 1. The van der Waals surface area contributed by atoms with Crippen LogP contribution in [0.5, 0.6) is 11.5 Å². The first kappa shape index (κ1) is 18.8. The van der Waals surface area contributed by atoms with Crippen LogP contribution in [0.1, 0.15) is 33.9 Å². The summed E-state index contributed by atoms with van der Waals surface area (Å²) >= 11 is 1.36. The second-order valence-electron chi connectivity index (χ2n) is 5.98. The van der Waals surface area contributed by atoms with Crippen molar-refractivity contribution < 1.29 is 14.3 Å². The number of methoxy groups -OCH3 is 2. The molecule has 0 saturated carbocycles. The summed E-state index contributed by atoms with van der Waals surface area (Å²) in [6.45, 7) is 3.77. The number of aromatic nitrogens is 2. The molecule has 0 radical (unpaired) electrons. The maximum Gasteiger partial charge on any atom is 0.263 e. The van der Waals surface area contributed by atoms with E-state index in [1.807, 2.05) is 44.2 Å². The molecule has 0 aliphatic rings. The van der Waals surface area contributed by atoms with Crippen LogP contribution >= 0.6 is 11.3 Å². The van der Waals surface area contributed by atoms with Gasteiger partial charge in [-0.2, -0.15) is 0 Å². The highest BCUT2D eigenvalue weighted by molar-refractivity contribution is 7.17. The largest absolute Gasteiger partial charge is 0.493 e. The summed E-state index contributed by atoms with van der Waals surface area (Å²) in [5.41, 5.74) is 2.53. The number of hydrogen-bond acceptors (Lipinski definition) is 6. The number of nitrogens with one attached hydrogen (secondary N) is 1. The Bertz CT molecular complexity index is 941. The highest BCUT2D eigenvalue weighted by Gasteiger charge is 2.19. The Labute approximate surface area is 162 Å². The minimum Gasteiger partial charge on any atom is -0.493 e. The van der Waals surface area contributed by atoms with Crippen LogP contribution < -0.4 is 14.8 Å². The first-order valence-electron chi connectivity index (χ1n) is 8.44. The molecule has 0 saturated heterocycles. The quantitative estimate of drug-likeness (QED) is 0.696. The SMILES string of the molecule is COc1ccc([C@@H](C)NC(=O)c2sc(-c3cccnc3)nc2C)cc1OC. The fraction of sp³-hybridized carbons (Fsp3) is 0.250. The van der Waals surface area contributed by atoms with Crippen molar-refractivity contribution in [2.75, 3.05) is 14.2 Å². The molecule has 0 fully saturated rings. The van der Waals surface area contributed by atoms with E-state index in [4.69, 9.17) is 9.47 Å². The van der Waals surface area contributed by atoms with Gasteiger partial charge in [-0.1, -0.05) is 6.07 Å². The molecule has 7 heteroatoms. The van der Waals surface area contributed by atoms with Gasteiger partial charge in [-0.15, -0.1) is 11.3 Å². The summed E-state index contributed by atoms with van der Waals surface area (Å²) in [5.74, 6) is 1.13. The van der Waals surface area contributed by atoms with Gasteiger partial charge >= 0.3 is 0 Å². The number of hydrogen-bond donors (Lipinski definition) is 1. The van der Waals surface area contributed by atoms with E-state index in [2.05, 4.69) is 15.3 Å². The van der Waals surface area contributed by atoms with Crippen molar-refractivity contribution in [3.63, 3.8) is 0 Å². The number of benzene rings is 1. The first-order valence-corrected chi connectivity index (χ1v) is 9.25. The minimum atomic E-state index is -0.194. The Morgan fingerprint density at radius 2 is 1.96 bits per heavy atom. The third-order valence-electron chi connectivity index (χ3n) is 4.17. The lowest BCUT2D eigenvalue weighted by molar-refractivity contribution is 0.0943. The summed E-state index contributed by atoms with van der Waals surface area (Å²) < 4.78 is 10.6. The van der Waals surface area contributed by atoms with Gasteiger partial charge in [0.1, 0.15) is 9.88 Å². The molecule has 0 bridgehead atoms. The van der Waals surface area contributed by atoms with Gasteiger partial charge in [0.2, 0.25) is 0 Å². The van der Waals surface area contributed by atoms with Crippen LogP contribution in [0.2, 0.25) is 0 Å². The van der Waals surface area contributed by atoms with Gasteiger partial charge in [0.05, 0.1) is 26.0 Å². The Morgan fingerprint density at radius 3 is 2.63 bits per heavy atom. The van der Waals surface area contributed by atoms with Gasteiger partial charge < -0.3 is 14.8 Å². The van der Waals surface area contributed by atoms with E-state index < -0.39 is 0 Å². The lowest BCUT2D eigenvalue weighted by Crippen LogP contribution is -2.26. The standard InChI is InChI=1S/C20H21N3O3S/c1-12(14-7-8-16(25-3)17(10-14)26-4)22-19(24)18-13(2)23-20(27-18)15-6-5-9-21-11-15/h5-12H,1-4H3,(H,22,24)/t12-/m1/s1. The van der Waals surface area contributed by atoms with Crippen molar-refractivity contribution in [2.24, 2.45) is 0 Å². The fourth-order valence-electron chi connectivity index (χ4n) is 2.69. The zero-order valence-electron chi connectivity index (χ0n) is 15.6. The molecule has 0 aliphatic heterocycles. The summed E-state index contributed by atoms with van der Waals surface area (Å²) in [4.78, 5) is 22.0. The predicted molar refractivity (Wildman–Crippen MR) is 106 cm³/mol. The number of amides is 1. The van der Waals surface area contributed by atoms with Gasteiger partial charge in [0, 0.05) is 18.0 Å². The Morgan fingerprint density at radius 1 is 1.19 bits per heavy atom. The summed E-state index contributed by atoms with van der Waals surface area (Å²) in [5, 5.41) is 3.81. The van der Waals surface area contributed by atoms with Crippen molar-refractivity contribution in [1.82, 2.24) is 15.3 Å². The molecule has 2 heterocycles. The van der Waals surface area contributed by atoms with E-state index in [-0.39, 0.29) is 11.9 Å². The molecular formula is C20H21N3O3S. The highest BCUT2D eigenvalue weighted by atomic mass is 32.1. The summed E-state index contributed by atoms with van der Waals surface area (Å²) in [6, 6.07) is 9.19. The average Bonchev–Trinajstić information content (AvgIpc) is 3.09. The Hall–Kier alpha value is -2.93. The number of nitrogens with zero attached hydrogens (tertiary/aromatic N) is 2. The highest BCUT2D eigenvalue weighted by Crippen LogP contribution is 2.31. The zero-order chi connectivity index (χ0) is 19.4. The van der Waals surface area contributed by atoms with Gasteiger partial charge in [0.15, 0.2) is 11.5 Å². The number of carbonyl (C=O) groups is 1. The maximum absolute atomic E-state index is 12.8. The smallest absolute Gasteiger partial charge is 0.263 e. The number of thiazole rings is 1. The molecule has 3 rings (SSSR count). The van der Waals surface area contributed by atoms with Crippen molar-refractivity contribution in [2.45, 2.75) is 19.9 Å². The molecule has 27 heavy (non-hydrogen) atoms. The van der Waals surface area contributed by atoms with E-state index in [0.717, 1.165) is 16.1 Å². The van der Waals surface area contributed by atoms with E-state index in [9.17, 15) is 4.79 Å². The Balaban J connectivity index is 1.78. The second kappa shape index (κ2) is 8.18. The molecule has 3 aromatic rings. The van der Waals surface area contributed by atoms with Crippen LogP contribution in [-0.4, -0.2) is 30.1 Å². The van der Waals surface area contributed by atoms with Crippen molar-refractivity contribution in [1.29, 1.82) is 0 Å².